The largest absolute Gasteiger partial charge is 0.368 e. The van der Waals surface area contributed by atoms with Gasteiger partial charge in [-0.25, -0.2) is 9.37 Å². The van der Waals surface area contributed by atoms with Crippen LogP contribution in [0.5, 0.6) is 0 Å². The van der Waals surface area contributed by atoms with E-state index in [4.69, 9.17) is 0 Å². The third kappa shape index (κ3) is 3.06. The third-order valence-electron chi connectivity index (χ3n) is 2.40. The average molecular weight is 264 g/mol. The van der Waals surface area contributed by atoms with Gasteiger partial charge in [-0.2, -0.15) is 0 Å². The summed E-state index contributed by atoms with van der Waals surface area (Å²) in [5.41, 5.74) is 0.504. The van der Waals surface area contributed by atoms with Gasteiger partial charge in [-0.05, 0) is 13.0 Å². The minimum absolute atomic E-state index is 0.0607. The van der Waals surface area contributed by atoms with Crippen LogP contribution in [0, 0.1) is 5.82 Å². The second kappa shape index (κ2) is 5.94. The molecule has 0 aliphatic carbocycles. The minimum Gasteiger partial charge on any atom is -0.368 e. The van der Waals surface area contributed by atoms with Crippen LogP contribution in [0.15, 0.2) is 29.1 Å². The summed E-state index contributed by atoms with van der Waals surface area (Å²) >= 11 is 0. The Balaban J connectivity index is 2.08. The summed E-state index contributed by atoms with van der Waals surface area (Å²) in [7, 11) is 0. The van der Waals surface area contributed by atoms with Crippen molar-refractivity contribution < 1.29 is 13.7 Å². The number of anilines is 1. The van der Waals surface area contributed by atoms with Crippen molar-refractivity contribution in [1.82, 2.24) is 15.5 Å². The Morgan fingerprint density at radius 2 is 2.32 bits per heavy atom. The van der Waals surface area contributed by atoms with Crippen LogP contribution in [-0.2, 0) is 6.54 Å². The van der Waals surface area contributed by atoms with Gasteiger partial charge in [-0.1, -0.05) is 5.16 Å². The van der Waals surface area contributed by atoms with Gasteiger partial charge in [0.25, 0.3) is 5.91 Å². The lowest BCUT2D eigenvalue weighted by molar-refractivity contribution is 0.0946. The molecule has 2 aromatic rings. The van der Waals surface area contributed by atoms with Crippen LogP contribution in [0.2, 0.25) is 0 Å². The molecule has 2 N–H and O–H groups in total. The summed E-state index contributed by atoms with van der Waals surface area (Å²) < 4.78 is 18.6. The molecule has 0 saturated heterocycles. The molecule has 0 spiro atoms. The molecule has 0 saturated carbocycles. The molecular weight excluding hydrogens is 251 g/mol. The Bertz CT molecular complexity index is 557. The van der Waals surface area contributed by atoms with Crippen molar-refractivity contribution in [3.63, 3.8) is 0 Å². The van der Waals surface area contributed by atoms with Crippen LogP contribution < -0.4 is 10.6 Å². The smallest absolute Gasteiger partial charge is 0.254 e. The summed E-state index contributed by atoms with van der Waals surface area (Å²) in [5, 5.41) is 8.94. The van der Waals surface area contributed by atoms with E-state index in [2.05, 4.69) is 25.3 Å². The molecule has 100 valence electrons. The molecule has 7 heteroatoms. The van der Waals surface area contributed by atoms with Gasteiger partial charge in [0.1, 0.15) is 12.0 Å². The van der Waals surface area contributed by atoms with Crippen LogP contribution in [-0.4, -0.2) is 22.6 Å². The number of nitrogens with zero attached hydrogens (tertiary/aromatic N) is 2. The quantitative estimate of drug-likeness (QED) is 0.856. The summed E-state index contributed by atoms with van der Waals surface area (Å²) in [4.78, 5) is 15.7. The highest BCUT2D eigenvalue weighted by molar-refractivity contribution is 5.95. The number of carbonyl (C=O) groups is 1. The van der Waals surface area contributed by atoms with E-state index in [1.807, 2.05) is 6.92 Å². The van der Waals surface area contributed by atoms with Crippen molar-refractivity contribution in [3.05, 3.63) is 41.7 Å². The molecule has 0 aliphatic heterocycles. The molecule has 0 aliphatic rings. The fraction of sp³-hybridized carbons (Fsp3) is 0.250. The van der Waals surface area contributed by atoms with E-state index in [0.717, 1.165) is 0 Å². The molecule has 6 nitrogen and oxygen atoms in total. The Morgan fingerprint density at radius 3 is 3.00 bits per heavy atom. The van der Waals surface area contributed by atoms with Gasteiger partial charge < -0.3 is 15.2 Å². The maximum atomic E-state index is 14.0. The number of hydrogen-bond donors (Lipinski definition) is 2. The molecule has 0 radical (unpaired) electrons. The van der Waals surface area contributed by atoms with Crippen LogP contribution in [0.1, 0.15) is 23.0 Å². The summed E-state index contributed by atoms with van der Waals surface area (Å²) in [6.07, 6.45) is 2.78. The molecule has 2 aromatic heterocycles. The van der Waals surface area contributed by atoms with Crippen molar-refractivity contribution in [3.8, 4) is 0 Å². The monoisotopic (exact) mass is 264 g/mol. The molecule has 19 heavy (non-hydrogen) atoms. The van der Waals surface area contributed by atoms with Gasteiger partial charge in [0, 0.05) is 18.8 Å². The van der Waals surface area contributed by atoms with Crippen LogP contribution in [0.3, 0.4) is 0 Å². The number of halogens is 1. The van der Waals surface area contributed by atoms with Gasteiger partial charge in [0.2, 0.25) is 0 Å². The highest BCUT2D eigenvalue weighted by Gasteiger charge is 2.15. The lowest BCUT2D eigenvalue weighted by atomic mass is 10.2. The fourth-order valence-electron chi connectivity index (χ4n) is 1.50. The lowest BCUT2D eigenvalue weighted by Gasteiger charge is -2.08. The van der Waals surface area contributed by atoms with Crippen molar-refractivity contribution in [2.45, 2.75) is 13.5 Å². The number of amides is 1. The molecule has 0 fully saturated rings. The second-order valence-electron chi connectivity index (χ2n) is 3.72. The van der Waals surface area contributed by atoms with E-state index in [1.54, 1.807) is 6.07 Å². The standard InChI is InChI=1S/C12H13FN4O2/c1-2-14-11-10(13)9(3-5-15-11)12(18)16-7-8-4-6-19-17-8/h3-6H,2,7H2,1H3,(H,14,15)(H,16,18). The van der Waals surface area contributed by atoms with Gasteiger partial charge in [0.15, 0.2) is 11.6 Å². The normalized spacial score (nSPS) is 10.2. The zero-order valence-corrected chi connectivity index (χ0v) is 10.3. The number of aromatic nitrogens is 2. The number of pyridine rings is 1. The zero-order valence-electron chi connectivity index (χ0n) is 10.3. The summed E-state index contributed by atoms with van der Waals surface area (Å²) in [6.45, 7) is 2.51. The molecule has 0 bridgehead atoms. The maximum absolute atomic E-state index is 14.0. The van der Waals surface area contributed by atoms with Crippen molar-refractivity contribution in [2.24, 2.45) is 0 Å². The SMILES string of the molecule is CCNc1nccc(C(=O)NCc2ccon2)c1F. The number of carbonyl (C=O) groups excluding carboxylic acids is 1. The lowest BCUT2D eigenvalue weighted by Crippen LogP contribution is -2.24. The Kier molecular flexibility index (Phi) is 4.07. The van der Waals surface area contributed by atoms with E-state index in [1.165, 1.54) is 18.5 Å². The number of rotatable bonds is 5. The van der Waals surface area contributed by atoms with Crippen molar-refractivity contribution in [2.75, 3.05) is 11.9 Å². The van der Waals surface area contributed by atoms with Crippen LogP contribution >= 0.6 is 0 Å². The van der Waals surface area contributed by atoms with Gasteiger partial charge in [0.05, 0.1) is 12.1 Å². The van der Waals surface area contributed by atoms with Gasteiger partial charge in [-0.3, -0.25) is 4.79 Å². The predicted molar refractivity (Wildman–Crippen MR) is 66.0 cm³/mol. The highest BCUT2D eigenvalue weighted by atomic mass is 19.1. The van der Waals surface area contributed by atoms with Crippen molar-refractivity contribution >= 4 is 11.7 Å². The second-order valence-corrected chi connectivity index (χ2v) is 3.72. The maximum Gasteiger partial charge on any atom is 0.254 e. The minimum atomic E-state index is -0.665. The van der Waals surface area contributed by atoms with Gasteiger partial charge in [-0.15, -0.1) is 0 Å². The van der Waals surface area contributed by atoms with E-state index >= 15 is 0 Å². The van der Waals surface area contributed by atoms with E-state index < -0.39 is 11.7 Å². The Hall–Kier alpha value is -2.44. The van der Waals surface area contributed by atoms with E-state index in [-0.39, 0.29) is 17.9 Å². The van der Waals surface area contributed by atoms with E-state index in [9.17, 15) is 9.18 Å². The average Bonchev–Trinajstić information content (AvgIpc) is 2.92. The number of hydrogen-bond acceptors (Lipinski definition) is 5. The summed E-state index contributed by atoms with van der Waals surface area (Å²) in [5.74, 6) is -1.12. The number of nitrogens with one attached hydrogen (secondary N) is 2. The molecule has 2 rings (SSSR count). The molecule has 2 heterocycles. The zero-order chi connectivity index (χ0) is 13.7. The molecule has 0 atom stereocenters. The fourth-order valence-corrected chi connectivity index (χ4v) is 1.50. The van der Waals surface area contributed by atoms with Gasteiger partial charge >= 0.3 is 0 Å². The first-order valence-electron chi connectivity index (χ1n) is 5.78. The highest BCUT2D eigenvalue weighted by Crippen LogP contribution is 2.14. The first-order valence-corrected chi connectivity index (χ1v) is 5.78. The molecular formula is C12H13FN4O2. The molecule has 0 aromatic carbocycles. The Morgan fingerprint density at radius 1 is 1.47 bits per heavy atom. The third-order valence-corrected chi connectivity index (χ3v) is 2.40. The van der Waals surface area contributed by atoms with Crippen LogP contribution in [0.4, 0.5) is 10.2 Å². The first-order chi connectivity index (χ1) is 9.22. The summed E-state index contributed by atoms with van der Waals surface area (Å²) in [6, 6.07) is 2.95. The predicted octanol–water partition coefficient (Wildman–Crippen LogP) is 1.57. The molecule has 1 amide bonds. The first kappa shape index (κ1) is 13.0. The van der Waals surface area contributed by atoms with Crippen LogP contribution in [0.25, 0.3) is 0 Å². The Labute approximate surface area is 109 Å². The topological polar surface area (TPSA) is 80.0 Å². The van der Waals surface area contributed by atoms with Crippen molar-refractivity contribution in [1.29, 1.82) is 0 Å². The van der Waals surface area contributed by atoms with E-state index in [0.29, 0.717) is 12.2 Å². The molecule has 0 unspecified atom stereocenters.